The molecule has 5 aliphatic rings. The Hall–Kier alpha value is -1.79. The average Bonchev–Trinajstić information content (AvgIpc) is 3.13. The van der Waals surface area contributed by atoms with Gasteiger partial charge in [-0.1, -0.05) is 32.0 Å². The van der Waals surface area contributed by atoms with Gasteiger partial charge in [-0.25, -0.2) is 0 Å². The number of hydrogen-bond donors (Lipinski definition) is 0. The van der Waals surface area contributed by atoms with Crippen molar-refractivity contribution in [3.8, 4) is 0 Å². The van der Waals surface area contributed by atoms with Crippen molar-refractivity contribution in [2.75, 3.05) is 51.3 Å². The number of halogens is 1. The third-order valence-corrected chi connectivity index (χ3v) is 10.4. The summed E-state index contributed by atoms with van der Waals surface area (Å²) in [4.78, 5) is 33.6. The number of para-hydroxylation sites is 1. The lowest BCUT2D eigenvalue weighted by molar-refractivity contribution is -0.133. The van der Waals surface area contributed by atoms with E-state index >= 15 is 0 Å². The molecule has 2 aliphatic heterocycles. The van der Waals surface area contributed by atoms with Gasteiger partial charge >= 0.3 is 5.37 Å². The molecule has 192 valence electrons. The average molecular weight is 501 g/mol. The SMILES string of the molecule is CN(CCN1CN(c2ccccc2)C2(CCN(CCC3CCC4CC3C4(C)C)CC2)C1=O)C(=O)Cl. The van der Waals surface area contributed by atoms with Crippen molar-refractivity contribution in [3.05, 3.63) is 30.3 Å². The molecule has 2 saturated heterocycles. The van der Waals surface area contributed by atoms with Gasteiger partial charge in [0, 0.05) is 38.9 Å². The molecule has 3 saturated carbocycles. The van der Waals surface area contributed by atoms with Gasteiger partial charge in [-0.05, 0) is 92.0 Å². The number of likely N-dealkylation sites (N-methyl/N-ethyl adjacent to an activating group) is 1. The van der Waals surface area contributed by atoms with Crippen LogP contribution in [-0.4, -0.2) is 78.0 Å². The Morgan fingerprint density at radius 3 is 2.46 bits per heavy atom. The second kappa shape index (κ2) is 9.59. The molecule has 6 nitrogen and oxygen atoms in total. The van der Waals surface area contributed by atoms with E-state index in [-0.39, 0.29) is 5.91 Å². The Kier molecular flexibility index (Phi) is 6.82. The first kappa shape index (κ1) is 24.9. The highest BCUT2D eigenvalue weighted by atomic mass is 35.5. The standard InChI is InChI=1S/C28H41ClN4O2/c1-27(2)22-10-9-21(24(27)19-22)11-14-31-15-12-28(13-16-31)25(34)32(18-17-30(3)26(29)35)20-33(28)23-7-5-4-6-8-23/h4-8,21-22,24H,9-20H2,1-3H3. The minimum Gasteiger partial charge on any atom is -0.339 e. The Bertz CT molecular complexity index is 928. The van der Waals surface area contributed by atoms with Crippen LogP contribution in [0.15, 0.2) is 30.3 Å². The lowest BCUT2D eigenvalue weighted by Gasteiger charge is -2.60. The molecule has 3 atom stereocenters. The fraction of sp³-hybridized carbons (Fsp3) is 0.714. The minimum absolute atomic E-state index is 0.200. The van der Waals surface area contributed by atoms with Gasteiger partial charge in [0.15, 0.2) is 0 Å². The maximum absolute atomic E-state index is 13.8. The number of hydrogen-bond acceptors (Lipinski definition) is 4. The number of anilines is 1. The molecule has 3 aliphatic carbocycles. The van der Waals surface area contributed by atoms with Gasteiger partial charge in [0.1, 0.15) is 5.54 Å². The molecule has 5 fully saturated rings. The van der Waals surface area contributed by atoms with Crippen LogP contribution in [0.4, 0.5) is 10.5 Å². The van der Waals surface area contributed by atoms with E-state index in [1.165, 1.54) is 30.6 Å². The summed E-state index contributed by atoms with van der Waals surface area (Å²) in [6, 6.07) is 10.3. The number of rotatable bonds is 7. The zero-order valence-corrected chi connectivity index (χ0v) is 22.3. The van der Waals surface area contributed by atoms with Crippen molar-refractivity contribution in [1.82, 2.24) is 14.7 Å². The molecule has 2 heterocycles. The molecular formula is C28H41ClN4O2. The molecule has 1 spiro atoms. The number of carbonyl (C=O) groups excluding carboxylic acids is 2. The van der Waals surface area contributed by atoms with E-state index in [9.17, 15) is 9.59 Å². The van der Waals surface area contributed by atoms with Crippen LogP contribution in [0.2, 0.25) is 0 Å². The van der Waals surface area contributed by atoms with Gasteiger partial charge in [0.05, 0.1) is 6.67 Å². The monoisotopic (exact) mass is 500 g/mol. The van der Waals surface area contributed by atoms with Gasteiger partial charge < -0.3 is 19.6 Å². The number of benzene rings is 1. The Labute approximate surface area is 215 Å². The first-order valence-electron chi connectivity index (χ1n) is 13.5. The highest BCUT2D eigenvalue weighted by Gasteiger charge is 2.55. The van der Waals surface area contributed by atoms with E-state index in [4.69, 9.17) is 11.6 Å². The highest BCUT2D eigenvalue weighted by Crippen LogP contribution is 2.62. The molecule has 3 unspecified atom stereocenters. The second-order valence-electron chi connectivity index (χ2n) is 12.0. The lowest BCUT2D eigenvalue weighted by atomic mass is 9.45. The molecule has 0 radical (unpaired) electrons. The van der Waals surface area contributed by atoms with E-state index in [2.05, 4.69) is 35.8 Å². The van der Waals surface area contributed by atoms with Crippen LogP contribution in [0.3, 0.4) is 0 Å². The van der Waals surface area contributed by atoms with Crippen molar-refractivity contribution in [2.45, 2.75) is 57.9 Å². The van der Waals surface area contributed by atoms with Crippen molar-refractivity contribution in [2.24, 2.45) is 23.2 Å². The van der Waals surface area contributed by atoms with Crippen molar-refractivity contribution in [3.63, 3.8) is 0 Å². The summed E-state index contributed by atoms with van der Waals surface area (Å²) >= 11 is 5.61. The zero-order chi connectivity index (χ0) is 24.8. The van der Waals surface area contributed by atoms with Crippen LogP contribution in [0.5, 0.6) is 0 Å². The number of piperidine rings is 1. The third-order valence-electron chi connectivity index (χ3n) is 10.1. The Morgan fingerprint density at radius 2 is 1.83 bits per heavy atom. The summed E-state index contributed by atoms with van der Waals surface area (Å²) in [5, 5.41) is -0.488. The van der Waals surface area contributed by atoms with Crippen LogP contribution in [0, 0.1) is 23.2 Å². The molecule has 2 bridgehead atoms. The van der Waals surface area contributed by atoms with Gasteiger partial charge in [-0.15, -0.1) is 0 Å². The van der Waals surface area contributed by atoms with E-state index in [1.54, 1.807) is 7.05 Å². The van der Waals surface area contributed by atoms with Crippen molar-refractivity contribution >= 4 is 28.6 Å². The topological polar surface area (TPSA) is 47.1 Å². The fourth-order valence-electron chi connectivity index (χ4n) is 7.53. The van der Waals surface area contributed by atoms with Gasteiger partial charge in [0.2, 0.25) is 5.91 Å². The van der Waals surface area contributed by atoms with E-state index in [0.29, 0.717) is 25.2 Å². The van der Waals surface area contributed by atoms with E-state index in [1.807, 2.05) is 23.1 Å². The molecule has 1 aromatic carbocycles. The van der Waals surface area contributed by atoms with Crippen LogP contribution < -0.4 is 4.90 Å². The summed E-state index contributed by atoms with van der Waals surface area (Å²) in [7, 11) is 1.68. The number of fused-ring (bicyclic) bond motifs is 2. The third kappa shape index (κ3) is 4.46. The van der Waals surface area contributed by atoms with Crippen LogP contribution in [0.1, 0.15) is 52.4 Å². The quantitative estimate of drug-likeness (QED) is 0.395. The minimum atomic E-state index is -0.491. The molecule has 35 heavy (non-hydrogen) atoms. The predicted octanol–water partition coefficient (Wildman–Crippen LogP) is 4.88. The summed E-state index contributed by atoms with van der Waals surface area (Å²) in [5.41, 5.74) is 1.16. The normalized spacial score (nSPS) is 29.4. The summed E-state index contributed by atoms with van der Waals surface area (Å²) in [6.07, 6.45) is 7.27. The van der Waals surface area contributed by atoms with Crippen LogP contribution in [0.25, 0.3) is 0 Å². The van der Waals surface area contributed by atoms with Gasteiger partial charge in [-0.3, -0.25) is 9.59 Å². The Balaban J connectivity index is 1.23. The molecule has 1 aromatic rings. The molecule has 6 rings (SSSR count). The highest BCUT2D eigenvalue weighted by molar-refractivity contribution is 6.62. The molecule has 7 heteroatoms. The predicted molar refractivity (Wildman–Crippen MR) is 141 cm³/mol. The number of likely N-dealkylation sites (tertiary alicyclic amines) is 1. The van der Waals surface area contributed by atoms with Crippen molar-refractivity contribution < 1.29 is 9.59 Å². The smallest absolute Gasteiger partial charge is 0.316 e. The Morgan fingerprint density at radius 1 is 1.11 bits per heavy atom. The molecule has 2 amide bonds. The number of carbonyl (C=O) groups is 2. The molecule has 0 N–H and O–H groups in total. The first-order chi connectivity index (χ1) is 16.7. The van der Waals surface area contributed by atoms with Crippen LogP contribution >= 0.6 is 11.6 Å². The number of amides is 2. The van der Waals surface area contributed by atoms with Gasteiger partial charge in [-0.2, -0.15) is 0 Å². The van der Waals surface area contributed by atoms with E-state index in [0.717, 1.165) is 55.9 Å². The zero-order valence-electron chi connectivity index (χ0n) is 21.6. The number of nitrogens with zero attached hydrogens (tertiary/aromatic N) is 4. The first-order valence-corrected chi connectivity index (χ1v) is 13.9. The summed E-state index contributed by atoms with van der Waals surface area (Å²) < 4.78 is 0. The molecule has 0 aromatic heterocycles. The largest absolute Gasteiger partial charge is 0.339 e. The summed E-state index contributed by atoms with van der Waals surface area (Å²) in [5.74, 6) is 2.94. The maximum Gasteiger partial charge on any atom is 0.316 e. The second-order valence-corrected chi connectivity index (χ2v) is 12.3. The van der Waals surface area contributed by atoms with Gasteiger partial charge in [0.25, 0.3) is 0 Å². The van der Waals surface area contributed by atoms with E-state index < -0.39 is 10.9 Å². The maximum atomic E-state index is 13.8. The lowest BCUT2D eigenvalue weighted by Crippen LogP contribution is -2.57. The summed E-state index contributed by atoms with van der Waals surface area (Å²) in [6.45, 7) is 9.56. The van der Waals surface area contributed by atoms with Crippen molar-refractivity contribution in [1.29, 1.82) is 0 Å². The molecular weight excluding hydrogens is 460 g/mol. The fourth-order valence-corrected chi connectivity index (χ4v) is 7.62. The van der Waals surface area contributed by atoms with Crippen LogP contribution in [-0.2, 0) is 4.79 Å².